The second-order valence-corrected chi connectivity index (χ2v) is 8.04. The van der Waals surface area contributed by atoms with E-state index in [2.05, 4.69) is 21.4 Å². The van der Waals surface area contributed by atoms with Crippen molar-refractivity contribution in [1.29, 1.82) is 0 Å². The average Bonchev–Trinajstić information content (AvgIpc) is 3.23. The maximum atomic E-state index is 12.9. The summed E-state index contributed by atoms with van der Waals surface area (Å²) >= 11 is 7.26. The molecule has 0 aliphatic heterocycles. The standard InChI is InChI=1S/C21H22ClN5O2S/c1-27(2)26-17-11-9-15(10-12-17)23-20(28)19(18-4-3-13-30-18)25-21(29)24-16-7-5-14(22)6-8-16/h3-13,19,26H,1-2H3,(H,23,28)(H2,24,25,29). The number of rotatable bonds is 7. The van der Waals surface area contributed by atoms with Crippen LogP contribution < -0.4 is 21.4 Å². The Labute approximate surface area is 184 Å². The van der Waals surface area contributed by atoms with Gasteiger partial charge < -0.3 is 21.4 Å². The highest BCUT2D eigenvalue weighted by molar-refractivity contribution is 7.10. The number of carbonyl (C=O) groups excluding carboxylic acids is 2. The number of amides is 3. The van der Waals surface area contributed by atoms with Gasteiger partial charge in [-0.1, -0.05) is 17.7 Å². The molecule has 1 atom stereocenters. The Balaban J connectivity index is 1.68. The molecule has 0 aliphatic rings. The molecule has 0 fully saturated rings. The van der Waals surface area contributed by atoms with Crippen LogP contribution >= 0.6 is 22.9 Å². The third-order valence-corrected chi connectivity index (χ3v) is 5.16. The molecule has 3 aromatic rings. The minimum Gasteiger partial charge on any atom is -0.324 e. The van der Waals surface area contributed by atoms with Gasteiger partial charge in [0.1, 0.15) is 6.04 Å². The molecule has 9 heteroatoms. The molecular weight excluding hydrogens is 422 g/mol. The van der Waals surface area contributed by atoms with E-state index in [0.29, 0.717) is 16.4 Å². The van der Waals surface area contributed by atoms with Gasteiger partial charge in [0.2, 0.25) is 0 Å². The summed E-state index contributed by atoms with van der Waals surface area (Å²) in [6.45, 7) is 0. The lowest BCUT2D eigenvalue weighted by Crippen LogP contribution is -2.38. The van der Waals surface area contributed by atoms with Crippen LogP contribution in [0.3, 0.4) is 0 Å². The molecule has 1 heterocycles. The monoisotopic (exact) mass is 443 g/mol. The number of thiophene rings is 1. The number of hydrogen-bond donors (Lipinski definition) is 4. The van der Waals surface area contributed by atoms with E-state index in [-0.39, 0.29) is 5.91 Å². The van der Waals surface area contributed by atoms with E-state index in [4.69, 9.17) is 11.6 Å². The molecule has 0 aliphatic carbocycles. The SMILES string of the molecule is CN(C)Nc1ccc(NC(=O)C(NC(=O)Nc2ccc(Cl)cc2)c2cccs2)cc1. The van der Waals surface area contributed by atoms with E-state index in [0.717, 1.165) is 10.6 Å². The van der Waals surface area contributed by atoms with Gasteiger partial charge in [-0.3, -0.25) is 4.79 Å². The number of urea groups is 1. The van der Waals surface area contributed by atoms with Gasteiger partial charge in [0.05, 0.1) is 0 Å². The zero-order chi connectivity index (χ0) is 21.5. The third-order valence-electron chi connectivity index (χ3n) is 3.97. The van der Waals surface area contributed by atoms with Gasteiger partial charge in [-0.2, -0.15) is 0 Å². The Morgan fingerprint density at radius 1 is 0.900 bits per heavy atom. The Bertz CT molecular complexity index is 976. The highest BCUT2D eigenvalue weighted by Crippen LogP contribution is 2.22. The lowest BCUT2D eigenvalue weighted by atomic mass is 10.2. The molecule has 0 saturated heterocycles. The minimum atomic E-state index is -0.836. The molecule has 0 radical (unpaired) electrons. The molecular formula is C21H22ClN5O2S. The van der Waals surface area contributed by atoms with E-state index < -0.39 is 12.1 Å². The predicted molar refractivity (Wildman–Crippen MR) is 123 cm³/mol. The molecule has 7 nitrogen and oxygen atoms in total. The zero-order valence-corrected chi connectivity index (χ0v) is 18.1. The quantitative estimate of drug-likeness (QED) is 0.395. The molecule has 4 N–H and O–H groups in total. The van der Waals surface area contributed by atoms with E-state index in [9.17, 15) is 9.59 Å². The highest BCUT2D eigenvalue weighted by Gasteiger charge is 2.24. The molecule has 0 spiro atoms. The number of nitrogens with one attached hydrogen (secondary N) is 4. The summed E-state index contributed by atoms with van der Waals surface area (Å²) in [5.74, 6) is -0.336. The molecule has 1 unspecified atom stereocenters. The van der Waals surface area contributed by atoms with Crippen LogP contribution in [0.4, 0.5) is 21.9 Å². The van der Waals surface area contributed by atoms with Crippen molar-refractivity contribution >= 4 is 51.9 Å². The lowest BCUT2D eigenvalue weighted by Gasteiger charge is -2.18. The second kappa shape index (κ2) is 10.1. The first-order chi connectivity index (χ1) is 14.4. The van der Waals surface area contributed by atoms with Gasteiger partial charge in [-0.25, -0.2) is 9.80 Å². The van der Waals surface area contributed by atoms with Crippen LogP contribution in [0.15, 0.2) is 66.0 Å². The summed E-state index contributed by atoms with van der Waals surface area (Å²) in [5, 5.41) is 12.6. The second-order valence-electron chi connectivity index (χ2n) is 6.63. The highest BCUT2D eigenvalue weighted by atomic mass is 35.5. The van der Waals surface area contributed by atoms with Gasteiger partial charge >= 0.3 is 6.03 Å². The molecule has 156 valence electrons. The van der Waals surface area contributed by atoms with Gasteiger partial charge in [-0.15, -0.1) is 11.3 Å². The Morgan fingerprint density at radius 3 is 2.10 bits per heavy atom. The molecule has 0 bridgehead atoms. The van der Waals surface area contributed by atoms with Gasteiger partial charge in [0.25, 0.3) is 5.91 Å². The van der Waals surface area contributed by atoms with Crippen molar-refractivity contribution in [2.45, 2.75) is 6.04 Å². The smallest absolute Gasteiger partial charge is 0.320 e. The van der Waals surface area contributed by atoms with E-state index >= 15 is 0 Å². The molecule has 1 aromatic heterocycles. The summed E-state index contributed by atoms with van der Waals surface area (Å²) < 4.78 is 0. The Morgan fingerprint density at radius 2 is 1.50 bits per heavy atom. The van der Waals surface area contributed by atoms with Crippen LogP contribution in [0.25, 0.3) is 0 Å². The van der Waals surface area contributed by atoms with Crippen molar-refractivity contribution in [2.75, 3.05) is 30.2 Å². The minimum absolute atomic E-state index is 0.336. The zero-order valence-electron chi connectivity index (χ0n) is 16.5. The van der Waals surface area contributed by atoms with Crippen molar-refractivity contribution in [3.05, 3.63) is 75.9 Å². The van der Waals surface area contributed by atoms with E-state index in [1.165, 1.54) is 11.3 Å². The number of halogens is 1. The maximum absolute atomic E-state index is 12.9. The summed E-state index contributed by atoms with van der Waals surface area (Å²) in [6, 6.07) is 16.3. The van der Waals surface area contributed by atoms with Crippen molar-refractivity contribution < 1.29 is 9.59 Å². The van der Waals surface area contributed by atoms with Gasteiger partial charge in [-0.05, 0) is 60.0 Å². The van der Waals surface area contributed by atoms with Crippen LogP contribution in [0.5, 0.6) is 0 Å². The van der Waals surface area contributed by atoms with Gasteiger partial charge in [0.15, 0.2) is 0 Å². The van der Waals surface area contributed by atoms with Crippen molar-refractivity contribution in [3.8, 4) is 0 Å². The van der Waals surface area contributed by atoms with Crippen LogP contribution in [0, 0.1) is 0 Å². The van der Waals surface area contributed by atoms with Crippen molar-refractivity contribution in [3.63, 3.8) is 0 Å². The van der Waals surface area contributed by atoms with Crippen molar-refractivity contribution in [1.82, 2.24) is 10.3 Å². The average molecular weight is 444 g/mol. The Kier molecular flexibility index (Phi) is 7.29. The summed E-state index contributed by atoms with van der Waals surface area (Å²) in [4.78, 5) is 26.1. The van der Waals surface area contributed by atoms with Crippen molar-refractivity contribution in [2.24, 2.45) is 0 Å². The fourth-order valence-corrected chi connectivity index (χ4v) is 3.55. The maximum Gasteiger partial charge on any atom is 0.320 e. The van der Waals surface area contributed by atoms with E-state index in [1.54, 1.807) is 36.4 Å². The number of anilines is 3. The summed E-state index contributed by atoms with van der Waals surface area (Å²) in [5.41, 5.74) is 5.23. The molecule has 3 amide bonds. The van der Waals surface area contributed by atoms with Crippen LogP contribution in [-0.4, -0.2) is 31.0 Å². The number of carbonyl (C=O) groups is 2. The van der Waals surface area contributed by atoms with E-state index in [1.807, 2.05) is 48.7 Å². The predicted octanol–water partition coefficient (Wildman–Crippen LogP) is 4.79. The molecule has 0 saturated carbocycles. The largest absolute Gasteiger partial charge is 0.324 e. The summed E-state index contributed by atoms with van der Waals surface area (Å²) in [7, 11) is 3.78. The molecule has 3 rings (SSSR count). The van der Waals surface area contributed by atoms with Crippen LogP contribution in [-0.2, 0) is 4.79 Å². The first-order valence-corrected chi connectivity index (χ1v) is 10.4. The normalized spacial score (nSPS) is 11.6. The Hall–Kier alpha value is -3.07. The number of hydrogen-bond acceptors (Lipinski definition) is 5. The number of nitrogens with zero attached hydrogens (tertiary/aromatic N) is 1. The topological polar surface area (TPSA) is 85.5 Å². The number of benzene rings is 2. The summed E-state index contributed by atoms with van der Waals surface area (Å²) in [6.07, 6.45) is 0. The van der Waals surface area contributed by atoms with Gasteiger partial charge in [0, 0.05) is 41.1 Å². The first-order valence-electron chi connectivity index (χ1n) is 9.12. The number of hydrazine groups is 1. The molecule has 2 aromatic carbocycles. The third kappa shape index (κ3) is 6.21. The fraction of sp³-hybridized carbons (Fsp3) is 0.143. The lowest BCUT2D eigenvalue weighted by molar-refractivity contribution is -0.118. The molecule has 30 heavy (non-hydrogen) atoms. The van der Waals surface area contributed by atoms with Crippen LogP contribution in [0.1, 0.15) is 10.9 Å². The first kappa shape index (κ1) is 21.6. The van der Waals surface area contributed by atoms with Crippen LogP contribution in [0.2, 0.25) is 5.02 Å². The fourth-order valence-electron chi connectivity index (χ4n) is 2.65.